The van der Waals surface area contributed by atoms with Crippen molar-refractivity contribution in [2.45, 2.75) is 27.2 Å². The molecule has 116 valence electrons. The molecule has 0 spiro atoms. The van der Waals surface area contributed by atoms with Gasteiger partial charge in [-0.3, -0.25) is 4.79 Å². The van der Waals surface area contributed by atoms with Crippen LogP contribution in [0.1, 0.15) is 32.8 Å². The summed E-state index contributed by atoms with van der Waals surface area (Å²) in [7, 11) is 1.58. The first kappa shape index (κ1) is 19.3. The average Bonchev–Trinajstić information content (AvgIpc) is 2.54. The fourth-order valence-electron chi connectivity index (χ4n) is 1.76. The van der Waals surface area contributed by atoms with Gasteiger partial charge in [0.05, 0.1) is 19.6 Å². The van der Waals surface area contributed by atoms with E-state index in [1.165, 1.54) is 0 Å². The van der Waals surface area contributed by atoms with Crippen LogP contribution in [0.15, 0.2) is 36.9 Å². The molecule has 0 aromatic heterocycles. The summed E-state index contributed by atoms with van der Waals surface area (Å²) in [5.74, 6) is -0.159. The van der Waals surface area contributed by atoms with Crippen LogP contribution in [0.4, 0.5) is 0 Å². The molecule has 1 unspecified atom stereocenters. The van der Waals surface area contributed by atoms with Gasteiger partial charge in [0.15, 0.2) is 0 Å². The summed E-state index contributed by atoms with van der Waals surface area (Å²) >= 11 is 5.42. The number of hydrogen-bond acceptors (Lipinski definition) is 4. The molecule has 0 aliphatic carbocycles. The molecule has 0 bridgehead atoms. The number of benzene rings is 1. The molecule has 1 aromatic carbocycles. The fraction of sp³-hybridized carbons (Fsp3) is 0.412. The summed E-state index contributed by atoms with van der Waals surface area (Å²) in [4.78, 5) is 12.5. The van der Waals surface area contributed by atoms with Gasteiger partial charge in [-0.2, -0.15) is 0 Å². The van der Waals surface area contributed by atoms with Crippen LogP contribution in [0.2, 0.25) is 0 Å². The van der Waals surface area contributed by atoms with Crippen molar-refractivity contribution in [1.29, 1.82) is 0 Å². The number of allylic oxidation sites excluding steroid dienone is 1. The molecule has 21 heavy (non-hydrogen) atoms. The van der Waals surface area contributed by atoms with Crippen molar-refractivity contribution < 1.29 is 14.3 Å². The average molecular weight is 308 g/mol. The molecule has 0 radical (unpaired) electrons. The van der Waals surface area contributed by atoms with Gasteiger partial charge in [0, 0.05) is 10.4 Å². The van der Waals surface area contributed by atoms with E-state index in [1.54, 1.807) is 20.1 Å². The third-order valence-electron chi connectivity index (χ3n) is 2.66. The number of esters is 1. The number of carbonyl (C=O) groups is 1. The van der Waals surface area contributed by atoms with Crippen LogP contribution in [0.25, 0.3) is 0 Å². The summed E-state index contributed by atoms with van der Waals surface area (Å²) in [6, 6.07) is 7.38. The topological polar surface area (TPSA) is 35.5 Å². The highest BCUT2D eigenvalue weighted by molar-refractivity contribution is 7.81. The van der Waals surface area contributed by atoms with Gasteiger partial charge in [-0.15, -0.1) is 6.58 Å². The minimum Gasteiger partial charge on any atom is -0.496 e. The molecule has 0 saturated carbocycles. The SMILES string of the molecule is C=CCC(C(=O)OCC)C(=S)c1ccccc1OC.CC. The van der Waals surface area contributed by atoms with Gasteiger partial charge in [-0.1, -0.05) is 50.3 Å². The Labute approximate surface area is 133 Å². The predicted molar refractivity (Wildman–Crippen MR) is 91.0 cm³/mol. The first-order valence-electron chi connectivity index (χ1n) is 7.10. The van der Waals surface area contributed by atoms with Gasteiger partial charge in [0.2, 0.25) is 0 Å². The lowest BCUT2D eigenvalue weighted by Gasteiger charge is -2.17. The highest BCUT2D eigenvalue weighted by Crippen LogP contribution is 2.24. The summed E-state index contributed by atoms with van der Waals surface area (Å²) < 4.78 is 10.3. The lowest BCUT2D eigenvalue weighted by Crippen LogP contribution is -2.25. The highest BCUT2D eigenvalue weighted by atomic mass is 32.1. The van der Waals surface area contributed by atoms with Crippen LogP contribution in [0, 0.1) is 5.92 Å². The zero-order valence-corrected chi connectivity index (χ0v) is 14.0. The third-order valence-corrected chi connectivity index (χ3v) is 3.17. The Kier molecular flexibility index (Phi) is 10.1. The Bertz CT molecular complexity index is 469. The van der Waals surface area contributed by atoms with E-state index in [-0.39, 0.29) is 5.97 Å². The zero-order valence-electron chi connectivity index (χ0n) is 13.2. The Balaban J connectivity index is 0.00000191. The predicted octanol–water partition coefficient (Wildman–Crippen LogP) is 4.19. The summed E-state index contributed by atoms with van der Waals surface area (Å²) in [6.07, 6.45) is 2.12. The summed E-state index contributed by atoms with van der Waals surface area (Å²) in [5, 5.41) is 0. The first-order chi connectivity index (χ1) is 10.2. The largest absolute Gasteiger partial charge is 0.496 e. The molecular weight excluding hydrogens is 284 g/mol. The molecule has 1 rings (SSSR count). The molecule has 0 fully saturated rings. The van der Waals surface area contributed by atoms with Gasteiger partial charge in [0.25, 0.3) is 0 Å². The lowest BCUT2D eigenvalue weighted by atomic mass is 9.95. The molecule has 1 atom stereocenters. The second-order valence-corrected chi connectivity index (χ2v) is 4.33. The van der Waals surface area contributed by atoms with Gasteiger partial charge in [-0.05, 0) is 19.4 Å². The van der Waals surface area contributed by atoms with Crippen LogP contribution < -0.4 is 4.74 Å². The molecule has 0 aliphatic heterocycles. The first-order valence-corrected chi connectivity index (χ1v) is 7.51. The van der Waals surface area contributed by atoms with Crippen LogP contribution in [0.5, 0.6) is 5.75 Å². The highest BCUT2D eigenvalue weighted by Gasteiger charge is 2.25. The second kappa shape index (κ2) is 11.0. The number of methoxy groups -OCH3 is 1. The number of para-hydroxylation sites is 1. The normalized spacial score (nSPS) is 10.7. The smallest absolute Gasteiger partial charge is 0.314 e. The Morgan fingerprint density at radius 1 is 1.38 bits per heavy atom. The maximum Gasteiger partial charge on any atom is 0.314 e. The zero-order chi connectivity index (χ0) is 16.3. The van der Waals surface area contributed by atoms with Crippen molar-refractivity contribution >= 4 is 23.1 Å². The molecule has 0 heterocycles. The summed E-state index contributed by atoms with van der Waals surface area (Å²) in [6.45, 7) is 9.77. The molecule has 0 N–H and O–H groups in total. The molecule has 1 aromatic rings. The minimum atomic E-state index is -0.497. The van der Waals surface area contributed by atoms with Crippen molar-refractivity contribution in [3.63, 3.8) is 0 Å². The monoisotopic (exact) mass is 308 g/mol. The van der Waals surface area contributed by atoms with E-state index < -0.39 is 5.92 Å². The van der Waals surface area contributed by atoms with Crippen molar-refractivity contribution in [1.82, 2.24) is 0 Å². The van der Waals surface area contributed by atoms with Crippen LogP contribution in [0.3, 0.4) is 0 Å². The maximum absolute atomic E-state index is 11.9. The van der Waals surface area contributed by atoms with Crippen LogP contribution in [-0.2, 0) is 9.53 Å². The van der Waals surface area contributed by atoms with E-state index in [4.69, 9.17) is 21.7 Å². The van der Waals surface area contributed by atoms with Gasteiger partial charge in [-0.25, -0.2) is 0 Å². The quantitative estimate of drug-likeness (QED) is 0.327. The number of thiocarbonyl (C=S) groups is 1. The van der Waals surface area contributed by atoms with E-state index in [0.717, 1.165) is 5.56 Å². The Morgan fingerprint density at radius 3 is 2.52 bits per heavy atom. The second-order valence-electron chi connectivity index (χ2n) is 3.89. The van der Waals surface area contributed by atoms with Gasteiger partial charge >= 0.3 is 5.97 Å². The molecule has 0 aliphatic rings. The Hall–Kier alpha value is -1.68. The van der Waals surface area contributed by atoms with Crippen molar-refractivity contribution in [3.05, 3.63) is 42.5 Å². The van der Waals surface area contributed by atoms with Crippen LogP contribution in [-0.4, -0.2) is 24.6 Å². The maximum atomic E-state index is 11.9. The number of carbonyl (C=O) groups excluding carboxylic acids is 1. The third kappa shape index (κ3) is 5.68. The number of hydrogen-bond donors (Lipinski definition) is 0. The number of ether oxygens (including phenoxy) is 2. The molecule has 0 amide bonds. The van der Waals surface area contributed by atoms with E-state index in [9.17, 15) is 4.79 Å². The minimum absolute atomic E-state index is 0.321. The van der Waals surface area contributed by atoms with Crippen molar-refractivity contribution in [2.75, 3.05) is 13.7 Å². The van der Waals surface area contributed by atoms with Gasteiger partial charge < -0.3 is 9.47 Å². The van der Waals surface area contributed by atoms with Crippen molar-refractivity contribution in [2.24, 2.45) is 5.92 Å². The lowest BCUT2D eigenvalue weighted by molar-refractivity contribution is -0.145. The fourth-order valence-corrected chi connectivity index (χ4v) is 2.12. The van der Waals surface area contributed by atoms with E-state index in [0.29, 0.717) is 23.6 Å². The van der Waals surface area contributed by atoms with Crippen LogP contribution >= 0.6 is 12.2 Å². The van der Waals surface area contributed by atoms with E-state index in [1.807, 2.05) is 38.1 Å². The van der Waals surface area contributed by atoms with E-state index in [2.05, 4.69) is 6.58 Å². The standard InChI is InChI=1S/C15H18O3S.C2H6/c1-4-8-12(15(16)18-5-2)14(19)11-9-6-7-10-13(11)17-3;1-2/h4,6-7,9-10,12H,1,5,8H2,2-3H3;1-2H3. The number of rotatable bonds is 7. The van der Waals surface area contributed by atoms with E-state index >= 15 is 0 Å². The summed E-state index contributed by atoms with van der Waals surface area (Å²) in [5.41, 5.74) is 0.750. The molecule has 4 heteroatoms. The van der Waals surface area contributed by atoms with Crippen molar-refractivity contribution in [3.8, 4) is 5.75 Å². The van der Waals surface area contributed by atoms with Gasteiger partial charge in [0.1, 0.15) is 5.75 Å². The Morgan fingerprint density at radius 2 is 2.00 bits per heavy atom. The molecule has 3 nitrogen and oxygen atoms in total. The molecule has 0 saturated heterocycles. The molecular formula is C17H24O3S.